The van der Waals surface area contributed by atoms with Crippen molar-refractivity contribution in [2.24, 2.45) is 17.5 Å². The van der Waals surface area contributed by atoms with E-state index in [1.165, 1.54) is 19.3 Å². The Balaban J connectivity index is 2.36. The molecule has 1 fully saturated rings. The first kappa shape index (κ1) is 8.12. The molecule has 0 aromatic heterocycles. The number of rotatable bonds is 2. The first-order valence-corrected chi connectivity index (χ1v) is 4.48. The van der Waals surface area contributed by atoms with Crippen LogP contribution < -0.4 is 5.64 Å². The minimum atomic E-state index is 0.833. The van der Waals surface area contributed by atoms with E-state index in [4.69, 9.17) is 5.64 Å². The molecule has 0 amide bonds. The highest BCUT2D eigenvalue weighted by atomic mass is 14.4. The van der Waals surface area contributed by atoms with Crippen LogP contribution in [0.5, 0.6) is 0 Å². The molecule has 0 aromatic carbocycles. The Morgan fingerprint density at radius 1 is 1.50 bits per heavy atom. The van der Waals surface area contributed by atoms with Crippen molar-refractivity contribution in [3.8, 4) is 0 Å². The van der Waals surface area contributed by atoms with Gasteiger partial charge in [-0.05, 0) is 11.8 Å². The molecule has 3 atom stereocenters. The van der Waals surface area contributed by atoms with E-state index in [-0.39, 0.29) is 0 Å². The smallest absolute Gasteiger partial charge is 0.201 e. The zero-order valence-electron chi connectivity index (χ0n) is 7.14. The Morgan fingerprint density at radius 2 is 2.20 bits per heavy atom. The Kier molecular flexibility index (Phi) is 2.78. The van der Waals surface area contributed by atoms with Gasteiger partial charge in [0.2, 0.25) is 7.41 Å². The van der Waals surface area contributed by atoms with E-state index in [9.17, 15) is 0 Å². The summed E-state index contributed by atoms with van der Waals surface area (Å²) in [5, 5.41) is 0. The van der Waals surface area contributed by atoms with Crippen LogP contribution in [0.1, 0.15) is 33.1 Å². The maximum Gasteiger partial charge on any atom is 0.201 e. The van der Waals surface area contributed by atoms with E-state index in [1.807, 2.05) is 0 Å². The molecule has 0 aromatic rings. The van der Waals surface area contributed by atoms with Crippen LogP contribution in [0.2, 0.25) is 5.82 Å². The van der Waals surface area contributed by atoms with Crippen molar-refractivity contribution in [1.82, 2.24) is 0 Å². The van der Waals surface area contributed by atoms with Gasteiger partial charge in [0.05, 0.1) is 0 Å². The summed E-state index contributed by atoms with van der Waals surface area (Å²) in [6, 6.07) is 0. The molecule has 0 saturated heterocycles. The molecule has 1 nitrogen and oxygen atoms in total. The summed E-state index contributed by atoms with van der Waals surface area (Å²) < 4.78 is 0. The van der Waals surface area contributed by atoms with Gasteiger partial charge in [-0.1, -0.05) is 38.9 Å². The van der Waals surface area contributed by atoms with Crippen molar-refractivity contribution in [3.05, 3.63) is 0 Å². The Morgan fingerprint density at radius 3 is 2.50 bits per heavy atom. The average Bonchev–Trinajstić information content (AvgIpc) is 2.30. The molecular weight excluding hydrogens is 121 g/mol. The molecule has 0 radical (unpaired) electrons. The summed E-state index contributed by atoms with van der Waals surface area (Å²) in [5.41, 5.74) is 5.61. The van der Waals surface area contributed by atoms with Gasteiger partial charge in [-0.2, -0.15) is 0 Å². The summed E-state index contributed by atoms with van der Waals surface area (Å²) in [5.74, 6) is 2.73. The summed E-state index contributed by atoms with van der Waals surface area (Å²) in [4.78, 5) is 0. The maximum atomic E-state index is 5.61. The van der Waals surface area contributed by atoms with Crippen molar-refractivity contribution < 1.29 is 0 Å². The van der Waals surface area contributed by atoms with Crippen LogP contribution in [0.3, 0.4) is 0 Å². The van der Waals surface area contributed by atoms with E-state index < -0.39 is 0 Å². The fourth-order valence-corrected chi connectivity index (χ4v) is 2.24. The molecule has 0 spiro atoms. The third-order valence-electron chi connectivity index (χ3n) is 3.00. The van der Waals surface area contributed by atoms with Crippen LogP contribution in [0.25, 0.3) is 0 Å². The van der Waals surface area contributed by atoms with E-state index in [2.05, 4.69) is 13.8 Å². The molecule has 58 valence electrons. The lowest BCUT2D eigenvalue weighted by molar-refractivity contribution is 0.407. The molecule has 3 unspecified atom stereocenters. The van der Waals surface area contributed by atoms with E-state index in [1.54, 1.807) is 0 Å². The van der Waals surface area contributed by atoms with Gasteiger partial charge in [-0.15, -0.1) is 0 Å². The SMILES string of the molecule is CCC1CC(BN)CC1C. The zero-order valence-corrected chi connectivity index (χ0v) is 7.14. The number of hydrogen-bond donors (Lipinski definition) is 1. The van der Waals surface area contributed by atoms with Crippen molar-refractivity contribution in [2.45, 2.75) is 38.9 Å². The minimum Gasteiger partial charge on any atom is -0.373 e. The van der Waals surface area contributed by atoms with Crippen molar-refractivity contribution in [2.75, 3.05) is 0 Å². The predicted octanol–water partition coefficient (Wildman–Crippen LogP) is 1.54. The molecular formula is C8H18BN. The fourth-order valence-electron chi connectivity index (χ4n) is 2.24. The summed E-state index contributed by atoms with van der Waals surface area (Å²) in [6.07, 6.45) is 4.10. The third-order valence-corrected chi connectivity index (χ3v) is 3.00. The first-order chi connectivity index (χ1) is 4.77. The van der Waals surface area contributed by atoms with E-state index >= 15 is 0 Å². The van der Waals surface area contributed by atoms with Gasteiger partial charge in [0.15, 0.2) is 0 Å². The second-order valence-electron chi connectivity index (χ2n) is 3.72. The second kappa shape index (κ2) is 3.43. The highest BCUT2D eigenvalue weighted by molar-refractivity contribution is 6.33. The standard InChI is InChI=1S/C8H18BN/c1-3-7-5-8(9-10)4-6(7)2/h6-9H,3-5,10H2,1-2H3. The molecule has 0 aliphatic heterocycles. The number of nitrogens with two attached hydrogens (primary N) is 1. The van der Waals surface area contributed by atoms with Crippen molar-refractivity contribution >= 4 is 7.41 Å². The lowest BCUT2D eigenvalue weighted by Gasteiger charge is -2.10. The largest absolute Gasteiger partial charge is 0.373 e. The Hall–Kier alpha value is 0.0249. The van der Waals surface area contributed by atoms with Crippen LogP contribution in [-0.4, -0.2) is 7.41 Å². The molecule has 1 aliphatic carbocycles. The molecule has 2 N–H and O–H groups in total. The second-order valence-corrected chi connectivity index (χ2v) is 3.72. The lowest BCUT2D eigenvalue weighted by atomic mass is 9.75. The molecule has 1 rings (SSSR count). The van der Waals surface area contributed by atoms with Crippen LogP contribution in [0.15, 0.2) is 0 Å². The lowest BCUT2D eigenvalue weighted by Crippen LogP contribution is -2.10. The normalized spacial score (nSPS) is 40.1. The zero-order chi connectivity index (χ0) is 7.56. The fraction of sp³-hybridized carbons (Fsp3) is 1.00. The average molecular weight is 139 g/mol. The predicted molar refractivity (Wildman–Crippen MR) is 47.3 cm³/mol. The molecule has 2 heteroatoms. The molecule has 0 heterocycles. The van der Waals surface area contributed by atoms with Gasteiger partial charge in [-0.3, -0.25) is 0 Å². The van der Waals surface area contributed by atoms with E-state index in [0.29, 0.717) is 0 Å². The van der Waals surface area contributed by atoms with Gasteiger partial charge in [-0.25, -0.2) is 0 Å². The van der Waals surface area contributed by atoms with Crippen LogP contribution >= 0.6 is 0 Å². The Bertz CT molecular complexity index is 105. The van der Waals surface area contributed by atoms with Gasteiger partial charge in [0.1, 0.15) is 0 Å². The summed E-state index contributed by atoms with van der Waals surface area (Å²) in [7, 11) is 0.904. The highest BCUT2D eigenvalue weighted by Crippen LogP contribution is 2.40. The van der Waals surface area contributed by atoms with Crippen LogP contribution in [0.4, 0.5) is 0 Å². The number of hydrogen-bond acceptors (Lipinski definition) is 1. The third kappa shape index (κ3) is 1.54. The topological polar surface area (TPSA) is 26.0 Å². The minimum absolute atomic E-state index is 0.833. The van der Waals surface area contributed by atoms with Crippen molar-refractivity contribution in [1.29, 1.82) is 0 Å². The van der Waals surface area contributed by atoms with Crippen LogP contribution in [0, 0.1) is 11.8 Å². The quantitative estimate of drug-likeness (QED) is 0.577. The summed E-state index contributed by atoms with van der Waals surface area (Å²) in [6.45, 7) is 4.66. The molecule has 10 heavy (non-hydrogen) atoms. The van der Waals surface area contributed by atoms with Gasteiger partial charge < -0.3 is 5.64 Å². The van der Waals surface area contributed by atoms with Gasteiger partial charge in [0, 0.05) is 0 Å². The Labute approximate surface area is 64.6 Å². The van der Waals surface area contributed by atoms with Crippen molar-refractivity contribution in [3.63, 3.8) is 0 Å². The van der Waals surface area contributed by atoms with Gasteiger partial charge in [0.25, 0.3) is 0 Å². The first-order valence-electron chi connectivity index (χ1n) is 4.48. The summed E-state index contributed by atoms with van der Waals surface area (Å²) >= 11 is 0. The molecule has 1 aliphatic rings. The molecule has 0 bridgehead atoms. The monoisotopic (exact) mass is 139 g/mol. The van der Waals surface area contributed by atoms with E-state index in [0.717, 1.165) is 25.1 Å². The van der Waals surface area contributed by atoms with Crippen LogP contribution in [-0.2, 0) is 0 Å². The highest BCUT2D eigenvalue weighted by Gasteiger charge is 2.28. The van der Waals surface area contributed by atoms with Gasteiger partial charge >= 0.3 is 0 Å². The maximum absolute atomic E-state index is 5.61. The molecule has 1 saturated carbocycles.